The molecule has 110 valence electrons. The van der Waals surface area contributed by atoms with Gasteiger partial charge >= 0.3 is 6.03 Å². The fourth-order valence-corrected chi connectivity index (χ4v) is 3.93. The standard InChI is InChI=1S/C14H22N4OS/c1-10-11(2)20-13(16-10)3-5-15-14(19)18-8-7-17-6-4-12(18)9-17/h12H,3-9H2,1-2H3,(H,15,19). The minimum absolute atomic E-state index is 0.0987. The maximum Gasteiger partial charge on any atom is 0.317 e. The number of rotatable bonds is 3. The van der Waals surface area contributed by atoms with E-state index in [2.05, 4.69) is 22.1 Å². The predicted molar refractivity (Wildman–Crippen MR) is 80.2 cm³/mol. The van der Waals surface area contributed by atoms with Crippen molar-refractivity contribution in [2.45, 2.75) is 32.7 Å². The molecule has 1 aromatic heterocycles. The molecule has 2 atom stereocenters. The molecule has 0 aliphatic carbocycles. The van der Waals surface area contributed by atoms with Gasteiger partial charge in [-0.25, -0.2) is 9.78 Å². The van der Waals surface area contributed by atoms with E-state index < -0.39 is 0 Å². The lowest BCUT2D eigenvalue weighted by atomic mass is 10.2. The van der Waals surface area contributed by atoms with Crippen LogP contribution in [-0.2, 0) is 6.42 Å². The summed E-state index contributed by atoms with van der Waals surface area (Å²) in [5, 5.41) is 4.16. The Morgan fingerprint density at radius 1 is 1.40 bits per heavy atom. The molecular formula is C14H22N4OS. The number of hydrogen-bond donors (Lipinski definition) is 1. The number of aromatic nitrogens is 1. The van der Waals surface area contributed by atoms with Crippen molar-refractivity contribution in [1.29, 1.82) is 0 Å². The van der Waals surface area contributed by atoms with Crippen molar-refractivity contribution < 1.29 is 4.79 Å². The molecule has 3 heterocycles. The molecule has 0 aromatic carbocycles. The Labute approximate surface area is 124 Å². The quantitative estimate of drug-likeness (QED) is 0.917. The molecular weight excluding hydrogens is 272 g/mol. The van der Waals surface area contributed by atoms with E-state index in [1.165, 1.54) is 4.88 Å². The number of hydrogen-bond acceptors (Lipinski definition) is 4. The van der Waals surface area contributed by atoms with Crippen LogP contribution in [0.1, 0.15) is 22.0 Å². The minimum Gasteiger partial charge on any atom is -0.338 e. The van der Waals surface area contributed by atoms with Gasteiger partial charge in [0.05, 0.1) is 10.7 Å². The monoisotopic (exact) mass is 294 g/mol. The summed E-state index contributed by atoms with van der Waals surface area (Å²) >= 11 is 1.73. The van der Waals surface area contributed by atoms with E-state index >= 15 is 0 Å². The summed E-state index contributed by atoms with van der Waals surface area (Å²) in [6, 6.07) is 0.523. The van der Waals surface area contributed by atoms with Crippen LogP contribution in [0.15, 0.2) is 0 Å². The molecule has 0 saturated carbocycles. The molecule has 2 fully saturated rings. The number of fused-ring (bicyclic) bond motifs is 2. The van der Waals surface area contributed by atoms with Crippen molar-refractivity contribution in [3.05, 3.63) is 15.6 Å². The summed E-state index contributed by atoms with van der Waals surface area (Å²) in [5.41, 5.74) is 1.11. The van der Waals surface area contributed by atoms with Crippen LogP contribution in [0.25, 0.3) is 0 Å². The Kier molecular flexibility index (Phi) is 3.94. The fraction of sp³-hybridized carbons (Fsp3) is 0.714. The molecule has 2 aliphatic heterocycles. The summed E-state index contributed by atoms with van der Waals surface area (Å²) < 4.78 is 0. The third kappa shape index (κ3) is 2.81. The number of aryl methyl sites for hydroxylation is 2. The van der Waals surface area contributed by atoms with Gasteiger partial charge in [-0.1, -0.05) is 0 Å². The number of carbonyl (C=O) groups excluding carboxylic acids is 1. The van der Waals surface area contributed by atoms with Crippen LogP contribution in [0.5, 0.6) is 0 Å². The van der Waals surface area contributed by atoms with Gasteiger partial charge in [0.15, 0.2) is 0 Å². The average Bonchev–Trinajstić information content (AvgIpc) is 2.94. The van der Waals surface area contributed by atoms with Gasteiger partial charge in [0.1, 0.15) is 0 Å². The highest BCUT2D eigenvalue weighted by Gasteiger charge is 2.34. The largest absolute Gasteiger partial charge is 0.338 e. The second kappa shape index (κ2) is 5.69. The molecule has 6 heteroatoms. The second-order valence-corrected chi connectivity index (χ2v) is 6.96. The first-order valence-electron chi connectivity index (χ1n) is 7.33. The van der Waals surface area contributed by atoms with Gasteiger partial charge < -0.3 is 10.2 Å². The summed E-state index contributed by atoms with van der Waals surface area (Å²) in [6.07, 6.45) is 1.95. The van der Waals surface area contributed by atoms with E-state index in [1.54, 1.807) is 11.3 Å². The highest BCUT2D eigenvalue weighted by molar-refractivity contribution is 7.11. The van der Waals surface area contributed by atoms with Gasteiger partial charge in [0.2, 0.25) is 0 Å². The van der Waals surface area contributed by atoms with E-state index in [0.717, 1.165) is 49.7 Å². The van der Waals surface area contributed by atoms with E-state index in [0.29, 0.717) is 12.6 Å². The first kappa shape index (κ1) is 13.8. The third-order valence-corrected chi connectivity index (χ3v) is 5.43. The molecule has 0 radical (unpaired) electrons. The Morgan fingerprint density at radius 2 is 2.25 bits per heavy atom. The highest BCUT2D eigenvalue weighted by Crippen LogP contribution is 2.20. The molecule has 5 nitrogen and oxygen atoms in total. The van der Waals surface area contributed by atoms with Crippen LogP contribution in [0.2, 0.25) is 0 Å². The van der Waals surface area contributed by atoms with Crippen LogP contribution in [-0.4, -0.2) is 59.6 Å². The number of nitrogens with one attached hydrogen (secondary N) is 1. The van der Waals surface area contributed by atoms with Gasteiger partial charge in [-0.3, -0.25) is 4.90 Å². The number of carbonyl (C=O) groups is 1. The molecule has 1 aromatic rings. The Morgan fingerprint density at radius 3 is 3.00 bits per heavy atom. The molecule has 0 spiro atoms. The van der Waals surface area contributed by atoms with E-state index in [-0.39, 0.29) is 6.03 Å². The highest BCUT2D eigenvalue weighted by atomic mass is 32.1. The van der Waals surface area contributed by atoms with Gasteiger partial charge in [-0.2, -0.15) is 0 Å². The van der Waals surface area contributed by atoms with Crippen molar-refractivity contribution in [3.8, 4) is 0 Å². The molecule has 1 N–H and O–H groups in total. The summed E-state index contributed by atoms with van der Waals surface area (Å²) in [6.45, 7) is 8.89. The van der Waals surface area contributed by atoms with Gasteiger partial charge in [-0.05, 0) is 20.3 Å². The first-order chi connectivity index (χ1) is 9.63. The lowest BCUT2D eigenvalue weighted by Gasteiger charge is -2.34. The zero-order valence-electron chi connectivity index (χ0n) is 12.2. The van der Waals surface area contributed by atoms with Gasteiger partial charge in [0.25, 0.3) is 0 Å². The fourth-order valence-electron chi connectivity index (χ4n) is 2.99. The summed E-state index contributed by atoms with van der Waals surface area (Å²) in [7, 11) is 0. The van der Waals surface area contributed by atoms with Crippen molar-refractivity contribution in [2.24, 2.45) is 0 Å². The maximum atomic E-state index is 12.2. The number of piperazine rings is 1. The topological polar surface area (TPSA) is 48.5 Å². The minimum atomic E-state index is 0.0987. The predicted octanol–water partition coefficient (Wildman–Crippen LogP) is 1.40. The maximum absolute atomic E-state index is 12.2. The molecule has 2 amide bonds. The zero-order valence-corrected chi connectivity index (χ0v) is 13.0. The number of thiazole rings is 1. The Balaban J connectivity index is 1.47. The van der Waals surface area contributed by atoms with Crippen molar-refractivity contribution in [2.75, 3.05) is 32.7 Å². The number of amides is 2. The smallest absolute Gasteiger partial charge is 0.317 e. The normalized spacial score (nSPS) is 25.0. The molecule has 2 saturated heterocycles. The van der Waals surface area contributed by atoms with Crippen LogP contribution < -0.4 is 5.32 Å². The lowest BCUT2D eigenvalue weighted by Crippen LogP contribution is -2.53. The Hall–Kier alpha value is -1.14. The number of urea groups is 1. The van der Waals surface area contributed by atoms with Crippen LogP contribution >= 0.6 is 11.3 Å². The first-order valence-corrected chi connectivity index (χ1v) is 8.15. The third-order valence-electron chi connectivity index (χ3n) is 4.29. The van der Waals surface area contributed by atoms with Crippen LogP contribution in [0, 0.1) is 13.8 Å². The van der Waals surface area contributed by atoms with E-state index in [9.17, 15) is 4.79 Å². The molecule has 2 unspecified atom stereocenters. The van der Waals surface area contributed by atoms with E-state index in [1.807, 2.05) is 11.8 Å². The van der Waals surface area contributed by atoms with Crippen molar-refractivity contribution >= 4 is 17.4 Å². The molecule has 2 bridgehead atoms. The molecule has 3 rings (SSSR count). The van der Waals surface area contributed by atoms with Crippen LogP contribution in [0.4, 0.5) is 4.79 Å². The van der Waals surface area contributed by atoms with Gasteiger partial charge in [-0.15, -0.1) is 11.3 Å². The van der Waals surface area contributed by atoms with Crippen LogP contribution in [0.3, 0.4) is 0 Å². The zero-order chi connectivity index (χ0) is 14.1. The lowest BCUT2D eigenvalue weighted by molar-refractivity contribution is 0.143. The summed E-state index contributed by atoms with van der Waals surface area (Å²) in [5.74, 6) is 0. The number of nitrogens with zero attached hydrogens (tertiary/aromatic N) is 3. The molecule has 2 aliphatic rings. The van der Waals surface area contributed by atoms with Gasteiger partial charge in [0, 0.05) is 50.1 Å². The average molecular weight is 294 g/mol. The second-order valence-electron chi connectivity index (χ2n) is 5.67. The van der Waals surface area contributed by atoms with E-state index in [4.69, 9.17) is 0 Å². The Bertz CT molecular complexity index is 482. The van der Waals surface area contributed by atoms with Crippen molar-refractivity contribution in [3.63, 3.8) is 0 Å². The SMILES string of the molecule is Cc1nc(CCNC(=O)N2CCN3CCC2C3)sc1C. The summed E-state index contributed by atoms with van der Waals surface area (Å²) in [4.78, 5) is 22.5. The van der Waals surface area contributed by atoms with Crippen molar-refractivity contribution in [1.82, 2.24) is 20.1 Å². The molecule has 20 heavy (non-hydrogen) atoms.